The summed E-state index contributed by atoms with van der Waals surface area (Å²) in [5, 5.41) is 9.33. The standard InChI is InChI=1S/C13H21NO4/c1-3-10-9(5-8-18-10)11(15)14-7-4-6-13(14,2)12(16)17/h9-10H,3-8H2,1-2H3,(H,16,17). The number of hydrogen-bond donors (Lipinski definition) is 1. The summed E-state index contributed by atoms with van der Waals surface area (Å²) >= 11 is 0. The number of rotatable bonds is 3. The Balaban J connectivity index is 2.15. The molecule has 3 unspecified atom stereocenters. The van der Waals surface area contributed by atoms with E-state index >= 15 is 0 Å². The number of carbonyl (C=O) groups is 2. The Kier molecular flexibility index (Phi) is 3.61. The molecule has 2 fully saturated rings. The molecule has 2 aliphatic rings. The van der Waals surface area contributed by atoms with Gasteiger partial charge in [-0.15, -0.1) is 0 Å². The minimum atomic E-state index is -1.03. The minimum absolute atomic E-state index is 0.0400. The zero-order valence-corrected chi connectivity index (χ0v) is 11.0. The van der Waals surface area contributed by atoms with Crippen LogP contribution in [0.15, 0.2) is 0 Å². The first-order valence-electron chi connectivity index (χ1n) is 6.67. The molecule has 5 nitrogen and oxygen atoms in total. The van der Waals surface area contributed by atoms with Gasteiger partial charge in [0.05, 0.1) is 12.0 Å². The highest BCUT2D eigenvalue weighted by Crippen LogP contribution is 2.34. The van der Waals surface area contributed by atoms with E-state index in [1.54, 1.807) is 11.8 Å². The molecule has 2 rings (SSSR count). The summed E-state index contributed by atoms with van der Waals surface area (Å²) < 4.78 is 5.53. The van der Waals surface area contributed by atoms with Crippen LogP contribution in [-0.2, 0) is 14.3 Å². The van der Waals surface area contributed by atoms with Crippen molar-refractivity contribution in [1.29, 1.82) is 0 Å². The van der Waals surface area contributed by atoms with Gasteiger partial charge in [-0.3, -0.25) is 4.79 Å². The topological polar surface area (TPSA) is 66.8 Å². The van der Waals surface area contributed by atoms with Gasteiger partial charge >= 0.3 is 5.97 Å². The third-order valence-corrected chi connectivity index (χ3v) is 4.30. The summed E-state index contributed by atoms with van der Waals surface area (Å²) in [6, 6.07) is 0. The van der Waals surface area contributed by atoms with Gasteiger partial charge in [0.15, 0.2) is 0 Å². The van der Waals surface area contributed by atoms with Crippen LogP contribution >= 0.6 is 0 Å². The molecule has 1 N–H and O–H groups in total. The number of carboxylic acids is 1. The largest absolute Gasteiger partial charge is 0.480 e. The first-order chi connectivity index (χ1) is 8.50. The first-order valence-corrected chi connectivity index (χ1v) is 6.67. The van der Waals surface area contributed by atoms with E-state index in [2.05, 4.69) is 0 Å². The first kappa shape index (κ1) is 13.3. The molecule has 0 aromatic carbocycles. The summed E-state index contributed by atoms with van der Waals surface area (Å²) in [5.41, 5.74) is -1.03. The van der Waals surface area contributed by atoms with Crippen LogP contribution in [-0.4, -0.2) is 46.7 Å². The molecular weight excluding hydrogens is 234 g/mol. The number of likely N-dealkylation sites (tertiary alicyclic amines) is 1. The van der Waals surface area contributed by atoms with E-state index in [0.29, 0.717) is 26.0 Å². The SMILES string of the molecule is CCC1OCCC1C(=O)N1CCCC1(C)C(=O)O. The second kappa shape index (κ2) is 4.88. The van der Waals surface area contributed by atoms with E-state index in [-0.39, 0.29) is 17.9 Å². The Morgan fingerprint density at radius 1 is 1.50 bits per heavy atom. The van der Waals surface area contributed by atoms with E-state index < -0.39 is 11.5 Å². The molecule has 2 heterocycles. The summed E-state index contributed by atoms with van der Waals surface area (Å²) in [6.45, 7) is 4.80. The molecule has 0 aromatic rings. The van der Waals surface area contributed by atoms with Gasteiger partial charge in [0.1, 0.15) is 5.54 Å². The molecule has 102 valence electrons. The molecule has 0 spiro atoms. The van der Waals surface area contributed by atoms with Crippen molar-refractivity contribution >= 4 is 11.9 Å². The normalized spacial score (nSPS) is 36.0. The van der Waals surface area contributed by atoms with Crippen molar-refractivity contribution in [1.82, 2.24) is 4.90 Å². The molecule has 2 saturated heterocycles. The van der Waals surface area contributed by atoms with E-state index in [1.165, 1.54) is 0 Å². The van der Waals surface area contributed by atoms with Crippen molar-refractivity contribution in [2.75, 3.05) is 13.2 Å². The molecule has 18 heavy (non-hydrogen) atoms. The average Bonchev–Trinajstić information content (AvgIpc) is 2.94. The Hall–Kier alpha value is -1.10. The molecule has 1 amide bonds. The fraction of sp³-hybridized carbons (Fsp3) is 0.846. The maximum Gasteiger partial charge on any atom is 0.329 e. The van der Waals surface area contributed by atoms with Gasteiger partial charge in [-0.25, -0.2) is 4.79 Å². The third-order valence-electron chi connectivity index (χ3n) is 4.30. The van der Waals surface area contributed by atoms with Gasteiger partial charge in [0.25, 0.3) is 0 Å². The lowest BCUT2D eigenvalue weighted by Crippen LogP contribution is -2.53. The number of carbonyl (C=O) groups excluding carboxylic acids is 1. The Labute approximate surface area is 107 Å². The number of amides is 1. The second-order valence-corrected chi connectivity index (χ2v) is 5.39. The predicted molar refractivity (Wildman–Crippen MR) is 65.1 cm³/mol. The van der Waals surface area contributed by atoms with Crippen LogP contribution in [0.3, 0.4) is 0 Å². The van der Waals surface area contributed by atoms with Crippen molar-refractivity contribution in [3.05, 3.63) is 0 Å². The van der Waals surface area contributed by atoms with Crippen LogP contribution in [0.1, 0.15) is 39.5 Å². The van der Waals surface area contributed by atoms with Crippen LogP contribution < -0.4 is 0 Å². The molecule has 0 radical (unpaired) electrons. The fourth-order valence-corrected chi connectivity index (χ4v) is 3.07. The number of hydrogen-bond acceptors (Lipinski definition) is 3. The van der Waals surface area contributed by atoms with Crippen LogP contribution in [0, 0.1) is 5.92 Å². The second-order valence-electron chi connectivity index (χ2n) is 5.39. The van der Waals surface area contributed by atoms with Crippen molar-refractivity contribution in [3.8, 4) is 0 Å². The van der Waals surface area contributed by atoms with E-state index in [9.17, 15) is 14.7 Å². The van der Waals surface area contributed by atoms with Crippen molar-refractivity contribution in [2.24, 2.45) is 5.92 Å². The predicted octanol–water partition coefficient (Wildman–Crippen LogP) is 1.27. The molecule has 3 atom stereocenters. The smallest absolute Gasteiger partial charge is 0.329 e. The van der Waals surface area contributed by atoms with Crippen LogP contribution in [0.4, 0.5) is 0 Å². The summed E-state index contributed by atoms with van der Waals surface area (Å²) in [7, 11) is 0. The Morgan fingerprint density at radius 3 is 2.83 bits per heavy atom. The highest BCUT2D eigenvalue weighted by atomic mass is 16.5. The van der Waals surface area contributed by atoms with E-state index in [1.807, 2.05) is 6.92 Å². The fourth-order valence-electron chi connectivity index (χ4n) is 3.07. The molecular formula is C13H21NO4. The van der Waals surface area contributed by atoms with Crippen LogP contribution in [0.5, 0.6) is 0 Å². The average molecular weight is 255 g/mol. The quantitative estimate of drug-likeness (QED) is 0.824. The summed E-state index contributed by atoms with van der Waals surface area (Å²) in [5.74, 6) is -1.10. The number of nitrogens with zero attached hydrogens (tertiary/aromatic N) is 1. The zero-order chi connectivity index (χ0) is 13.3. The lowest BCUT2D eigenvalue weighted by molar-refractivity contribution is -0.157. The molecule has 0 aromatic heterocycles. The Morgan fingerprint density at radius 2 is 2.22 bits per heavy atom. The molecule has 2 aliphatic heterocycles. The van der Waals surface area contributed by atoms with Gasteiger partial charge in [0, 0.05) is 13.2 Å². The number of ether oxygens (including phenoxy) is 1. The van der Waals surface area contributed by atoms with Gasteiger partial charge in [-0.2, -0.15) is 0 Å². The highest BCUT2D eigenvalue weighted by Gasteiger charge is 2.49. The third kappa shape index (κ3) is 2.00. The van der Waals surface area contributed by atoms with Crippen molar-refractivity contribution in [3.63, 3.8) is 0 Å². The van der Waals surface area contributed by atoms with Crippen molar-refractivity contribution in [2.45, 2.75) is 51.2 Å². The zero-order valence-electron chi connectivity index (χ0n) is 11.0. The highest BCUT2D eigenvalue weighted by molar-refractivity contribution is 5.88. The molecule has 0 saturated carbocycles. The van der Waals surface area contributed by atoms with E-state index in [0.717, 1.165) is 12.8 Å². The van der Waals surface area contributed by atoms with Crippen LogP contribution in [0.25, 0.3) is 0 Å². The maximum atomic E-state index is 12.5. The van der Waals surface area contributed by atoms with Gasteiger partial charge in [0.2, 0.25) is 5.91 Å². The van der Waals surface area contributed by atoms with Crippen LogP contribution in [0.2, 0.25) is 0 Å². The summed E-state index contributed by atoms with van der Waals surface area (Å²) in [6.07, 6.45) is 2.77. The van der Waals surface area contributed by atoms with Gasteiger partial charge in [-0.1, -0.05) is 6.92 Å². The van der Waals surface area contributed by atoms with Gasteiger partial charge < -0.3 is 14.7 Å². The van der Waals surface area contributed by atoms with Crippen molar-refractivity contribution < 1.29 is 19.4 Å². The maximum absolute atomic E-state index is 12.5. The monoisotopic (exact) mass is 255 g/mol. The minimum Gasteiger partial charge on any atom is -0.480 e. The molecule has 0 aliphatic carbocycles. The summed E-state index contributed by atoms with van der Waals surface area (Å²) in [4.78, 5) is 25.5. The number of aliphatic carboxylic acids is 1. The number of carboxylic acid groups (broad SMARTS) is 1. The Bertz CT molecular complexity index is 357. The lowest BCUT2D eigenvalue weighted by atomic mass is 9.94. The molecule has 0 bridgehead atoms. The molecule has 5 heteroatoms. The lowest BCUT2D eigenvalue weighted by Gasteiger charge is -2.34. The van der Waals surface area contributed by atoms with E-state index in [4.69, 9.17) is 4.74 Å². The van der Waals surface area contributed by atoms with Gasteiger partial charge in [-0.05, 0) is 32.6 Å².